The number of aryl methyl sites for hydroxylation is 1. The number of pyridine rings is 1. The second-order valence-corrected chi connectivity index (χ2v) is 5.86. The molecule has 2 heterocycles. The Labute approximate surface area is 137 Å². The van der Waals surface area contributed by atoms with E-state index in [0.29, 0.717) is 18.5 Å². The van der Waals surface area contributed by atoms with Crippen molar-refractivity contribution in [3.8, 4) is 11.3 Å². The van der Waals surface area contributed by atoms with Gasteiger partial charge < -0.3 is 5.32 Å². The highest BCUT2D eigenvalue weighted by molar-refractivity contribution is 7.09. The van der Waals surface area contributed by atoms with E-state index in [1.54, 1.807) is 12.4 Å². The standard InChI is InChI=1S/C17H14FN3OS/c18-13-1-3-14(4-2-13)20-16(22)5-6-17-21-15(11-23-17)12-7-9-19-10-8-12/h1-4,7-11H,5-6H2,(H,20,22). The highest BCUT2D eigenvalue weighted by Gasteiger charge is 2.08. The molecular formula is C17H14FN3OS. The van der Waals surface area contributed by atoms with Gasteiger partial charge in [-0.25, -0.2) is 9.37 Å². The maximum Gasteiger partial charge on any atom is 0.224 e. The first kappa shape index (κ1) is 15.3. The molecule has 6 heteroatoms. The highest BCUT2D eigenvalue weighted by Crippen LogP contribution is 2.22. The summed E-state index contributed by atoms with van der Waals surface area (Å²) >= 11 is 1.53. The molecule has 0 aliphatic heterocycles. The van der Waals surface area contributed by atoms with Gasteiger partial charge in [-0.3, -0.25) is 9.78 Å². The van der Waals surface area contributed by atoms with Gasteiger partial charge >= 0.3 is 0 Å². The van der Waals surface area contributed by atoms with E-state index in [2.05, 4.69) is 15.3 Å². The first-order chi connectivity index (χ1) is 11.2. The van der Waals surface area contributed by atoms with Crippen molar-refractivity contribution in [3.05, 3.63) is 65.0 Å². The lowest BCUT2D eigenvalue weighted by molar-refractivity contribution is -0.116. The molecule has 0 radical (unpaired) electrons. The van der Waals surface area contributed by atoms with Crippen molar-refractivity contribution in [2.24, 2.45) is 0 Å². The van der Waals surface area contributed by atoms with Gasteiger partial charge in [-0.05, 0) is 36.4 Å². The number of hydrogen-bond acceptors (Lipinski definition) is 4. The van der Waals surface area contributed by atoms with E-state index in [0.717, 1.165) is 16.3 Å². The Kier molecular flexibility index (Phi) is 4.73. The van der Waals surface area contributed by atoms with Gasteiger partial charge in [0.15, 0.2) is 0 Å². The number of nitrogens with zero attached hydrogens (tertiary/aromatic N) is 2. The molecule has 116 valence electrons. The fraction of sp³-hybridized carbons (Fsp3) is 0.118. The molecule has 0 aliphatic carbocycles. The van der Waals surface area contributed by atoms with Crippen molar-refractivity contribution in [1.82, 2.24) is 9.97 Å². The number of halogens is 1. The monoisotopic (exact) mass is 327 g/mol. The van der Waals surface area contributed by atoms with Crippen molar-refractivity contribution >= 4 is 22.9 Å². The van der Waals surface area contributed by atoms with Crippen LogP contribution in [0.3, 0.4) is 0 Å². The van der Waals surface area contributed by atoms with E-state index in [1.807, 2.05) is 17.5 Å². The summed E-state index contributed by atoms with van der Waals surface area (Å²) < 4.78 is 12.8. The number of carbonyl (C=O) groups is 1. The normalized spacial score (nSPS) is 10.5. The van der Waals surface area contributed by atoms with Gasteiger partial charge in [0.25, 0.3) is 0 Å². The van der Waals surface area contributed by atoms with Crippen LogP contribution in [0.25, 0.3) is 11.3 Å². The minimum Gasteiger partial charge on any atom is -0.326 e. The number of nitrogens with one attached hydrogen (secondary N) is 1. The van der Waals surface area contributed by atoms with Crippen molar-refractivity contribution in [3.63, 3.8) is 0 Å². The lowest BCUT2D eigenvalue weighted by atomic mass is 10.2. The van der Waals surface area contributed by atoms with Crippen LogP contribution in [-0.4, -0.2) is 15.9 Å². The van der Waals surface area contributed by atoms with Gasteiger partial charge in [-0.1, -0.05) is 0 Å². The molecule has 0 saturated heterocycles. The highest BCUT2D eigenvalue weighted by atomic mass is 32.1. The van der Waals surface area contributed by atoms with E-state index in [4.69, 9.17) is 0 Å². The first-order valence-corrected chi connectivity index (χ1v) is 7.99. The third-order valence-electron chi connectivity index (χ3n) is 3.22. The van der Waals surface area contributed by atoms with Crippen LogP contribution in [0.15, 0.2) is 54.2 Å². The number of benzene rings is 1. The summed E-state index contributed by atoms with van der Waals surface area (Å²) in [7, 11) is 0. The Morgan fingerprint density at radius 2 is 1.87 bits per heavy atom. The van der Waals surface area contributed by atoms with Crippen LogP contribution >= 0.6 is 11.3 Å². The van der Waals surface area contributed by atoms with Crippen molar-refractivity contribution < 1.29 is 9.18 Å². The maximum absolute atomic E-state index is 12.8. The van der Waals surface area contributed by atoms with Gasteiger partial charge in [0.05, 0.1) is 10.7 Å². The predicted octanol–water partition coefficient (Wildman–Crippen LogP) is 3.92. The second-order valence-electron chi connectivity index (χ2n) is 4.92. The molecule has 1 amide bonds. The molecule has 0 spiro atoms. The fourth-order valence-corrected chi connectivity index (χ4v) is 2.87. The fourth-order valence-electron chi connectivity index (χ4n) is 2.06. The summed E-state index contributed by atoms with van der Waals surface area (Å²) in [6.45, 7) is 0. The Bertz CT molecular complexity index is 787. The van der Waals surface area contributed by atoms with Crippen molar-refractivity contribution in [2.75, 3.05) is 5.32 Å². The molecule has 1 N–H and O–H groups in total. The molecule has 0 atom stereocenters. The molecule has 0 unspecified atom stereocenters. The van der Waals surface area contributed by atoms with E-state index in [1.165, 1.54) is 35.6 Å². The molecule has 0 aliphatic rings. The zero-order valence-electron chi connectivity index (χ0n) is 12.2. The van der Waals surface area contributed by atoms with Crippen LogP contribution in [0.4, 0.5) is 10.1 Å². The van der Waals surface area contributed by atoms with Crippen LogP contribution in [0.2, 0.25) is 0 Å². The Hall–Kier alpha value is -2.60. The molecule has 4 nitrogen and oxygen atoms in total. The number of amides is 1. The number of aromatic nitrogens is 2. The van der Waals surface area contributed by atoms with Crippen molar-refractivity contribution in [1.29, 1.82) is 0 Å². The van der Waals surface area contributed by atoms with Gasteiger partial charge in [0.2, 0.25) is 5.91 Å². The molecule has 0 bridgehead atoms. The van der Waals surface area contributed by atoms with Crippen LogP contribution < -0.4 is 5.32 Å². The molecule has 0 fully saturated rings. The van der Waals surface area contributed by atoms with Gasteiger partial charge in [-0.15, -0.1) is 11.3 Å². The molecule has 0 saturated carbocycles. The number of hydrogen-bond donors (Lipinski definition) is 1. The van der Waals surface area contributed by atoms with E-state index in [-0.39, 0.29) is 11.7 Å². The zero-order valence-corrected chi connectivity index (χ0v) is 13.0. The lowest BCUT2D eigenvalue weighted by Crippen LogP contribution is -2.12. The van der Waals surface area contributed by atoms with Crippen molar-refractivity contribution in [2.45, 2.75) is 12.8 Å². The molecule has 1 aromatic carbocycles. The smallest absolute Gasteiger partial charge is 0.224 e. The van der Waals surface area contributed by atoms with E-state index < -0.39 is 0 Å². The maximum atomic E-state index is 12.8. The molecular weight excluding hydrogens is 313 g/mol. The average molecular weight is 327 g/mol. The minimum absolute atomic E-state index is 0.114. The topological polar surface area (TPSA) is 54.9 Å². The van der Waals surface area contributed by atoms with Crippen LogP contribution in [0.5, 0.6) is 0 Å². The lowest BCUT2D eigenvalue weighted by Gasteiger charge is -2.04. The summed E-state index contributed by atoms with van der Waals surface area (Å²) in [5.74, 6) is -0.438. The third kappa shape index (κ3) is 4.20. The average Bonchev–Trinajstić information content (AvgIpc) is 3.05. The zero-order chi connectivity index (χ0) is 16.1. The van der Waals surface area contributed by atoms with Gasteiger partial charge in [0.1, 0.15) is 5.82 Å². The number of anilines is 1. The molecule has 3 aromatic rings. The summed E-state index contributed by atoms with van der Waals surface area (Å²) in [5, 5.41) is 5.62. The summed E-state index contributed by atoms with van der Waals surface area (Å²) in [6, 6.07) is 9.52. The number of carbonyl (C=O) groups excluding carboxylic acids is 1. The molecule has 3 rings (SSSR count). The SMILES string of the molecule is O=C(CCc1nc(-c2ccncc2)cs1)Nc1ccc(F)cc1. The largest absolute Gasteiger partial charge is 0.326 e. The van der Waals surface area contributed by atoms with Crippen LogP contribution in [0, 0.1) is 5.82 Å². The molecule has 2 aromatic heterocycles. The molecule has 23 heavy (non-hydrogen) atoms. The number of thiazole rings is 1. The van der Waals surface area contributed by atoms with E-state index >= 15 is 0 Å². The predicted molar refractivity (Wildman–Crippen MR) is 88.7 cm³/mol. The Morgan fingerprint density at radius 3 is 2.61 bits per heavy atom. The minimum atomic E-state index is -0.325. The van der Waals surface area contributed by atoms with E-state index in [9.17, 15) is 9.18 Å². The van der Waals surface area contributed by atoms with Crippen LogP contribution in [-0.2, 0) is 11.2 Å². The summed E-state index contributed by atoms with van der Waals surface area (Å²) in [5.41, 5.74) is 2.50. The van der Waals surface area contributed by atoms with Gasteiger partial charge in [0, 0.05) is 41.9 Å². The third-order valence-corrected chi connectivity index (χ3v) is 4.13. The number of rotatable bonds is 5. The second kappa shape index (κ2) is 7.11. The Balaban J connectivity index is 1.55. The quantitative estimate of drug-likeness (QED) is 0.773. The summed E-state index contributed by atoms with van der Waals surface area (Å²) in [6.07, 6.45) is 4.36. The summed E-state index contributed by atoms with van der Waals surface area (Å²) in [4.78, 5) is 20.4. The van der Waals surface area contributed by atoms with Gasteiger partial charge in [-0.2, -0.15) is 0 Å². The first-order valence-electron chi connectivity index (χ1n) is 7.11. The van der Waals surface area contributed by atoms with Crippen LogP contribution in [0.1, 0.15) is 11.4 Å². The Morgan fingerprint density at radius 1 is 1.13 bits per heavy atom.